The fraction of sp³-hybridized carbons (Fsp3) is 0.364. The minimum absolute atomic E-state index is 0.0495. The summed E-state index contributed by atoms with van der Waals surface area (Å²) in [5.41, 5.74) is 0. The van der Waals surface area contributed by atoms with E-state index in [2.05, 4.69) is 0 Å². The van der Waals surface area contributed by atoms with E-state index in [0.717, 1.165) is 0 Å². The van der Waals surface area contributed by atoms with E-state index >= 15 is 0 Å². The summed E-state index contributed by atoms with van der Waals surface area (Å²) >= 11 is 0. The molecular formula is C11H14O4. The van der Waals surface area contributed by atoms with Crippen LogP contribution in [0, 0.1) is 5.92 Å². The molecule has 1 aromatic carbocycles. The van der Waals surface area contributed by atoms with Crippen molar-refractivity contribution in [3.63, 3.8) is 0 Å². The van der Waals surface area contributed by atoms with Crippen molar-refractivity contribution in [2.75, 3.05) is 7.11 Å². The van der Waals surface area contributed by atoms with Crippen LogP contribution in [0.2, 0.25) is 0 Å². The number of carbonyl (C=O) groups is 1. The number of phenolic OH excluding ortho intramolecular Hbond substituents is 1. The highest BCUT2D eigenvalue weighted by molar-refractivity contribution is 5.74. The molecule has 0 saturated heterocycles. The van der Waals surface area contributed by atoms with Crippen LogP contribution < -0.4 is 9.47 Å². The molecule has 82 valence electrons. The molecule has 0 amide bonds. The molecule has 4 nitrogen and oxygen atoms in total. The normalized spacial score (nSPS) is 10.1. The Bertz CT molecular complexity index is 358. The largest absolute Gasteiger partial charge is 0.504 e. The molecule has 4 heteroatoms. The molecule has 15 heavy (non-hydrogen) atoms. The first kappa shape index (κ1) is 11.4. The van der Waals surface area contributed by atoms with Gasteiger partial charge in [0, 0.05) is 6.07 Å². The number of hydrogen-bond acceptors (Lipinski definition) is 4. The predicted molar refractivity (Wildman–Crippen MR) is 55.1 cm³/mol. The molecule has 0 radical (unpaired) electrons. The quantitative estimate of drug-likeness (QED) is 0.612. The summed E-state index contributed by atoms with van der Waals surface area (Å²) in [7, 11) is 1.45. The van der Waals surface area contributed by atoms with Gasteiger partial charge in [-0.2, -0.15) is 0 Å². The third-order valence-corrected chi connectivity index (χ3v) is 1.84. The Morgan fingerprint density at radius 1 is 1.40 bits per heavy atom. The van der Waals surface area contributed by atoms with E-state index in [1.165, 1.54) is 19.2 Å². The maximum atomic E-state index is 11.2. The molecule has 0 aromatic heterocycles. The molecule has 1 aromatic rings. The summed E-state index contributed by atoms with van der Waals surface area (Å²) < 4.78 is 9.86. The summed E-state index contributed by atoms with van der Waals surface area (Å²) in [5.74, 6) is 0.0757. The highest BCUT2D eigenvalue weighted by Gasteiger charge is 2.11. The molecule has 0 fully saturated rings. The summed E-state index contributed by atoms with van der Waals surface area (Å²) in [6.07, 6.45) is 0. The molecule has 1 N–H and O–H groups in total. The van der Waals surface area contributed by atoms with E-state index in [1.54, 1.807) is 19.9 Å². The fourth-order valence-electron chi connectivity index (χ4n) is 0.967. The number of aromatic hydroxyl groups is 1. The Balaban J connectivity index is 2.80. The highest BCUT2D eigenvalue weighted by atomic mass is 16.5. The van der Waals surface area contributed by atoms with E-state index in [-0.39, 0.29) is 17.6 Å². The van der Waals surface area contributed by atoms with Crippen molar-refractivity contribution in [2.45, 2.75) is 13.8 Å². The molecular weight excluding hydrogens is 196 g/mol. The third-order valence-electron chi connectivity index (χ3n) is 1.84. The van der Waals surface area contributed by atoms with Crippen LogP contribution >= 0.6 is 0 Å². The van der Waals surface area contributed by atoms with Crippen LogP contribution in [0.3, 0.4) is 0 Å². The van der Waals surface area contributed by atoms with Crippen LogP contribution in [-0.4, -0.2) is 18.2 Å². The molecule has 0 spiro atoms. The smallest absolute Gasteiger partial charge is 0.313 e. The van der Waals surface area contributed by atoms with Crippen molar-refractivity contribution in [1.82, 2.24) is 0 Å². The summed E-state index contributed by atoms with van der Waals surface area (Å²) in [6, 6.07) is 4.45. The van der Waals surface area contributed by atoms with Crippen molar-refractivity contribution >= 4 is 5.97 Å². The van der Waals surface area contributed by atoms with Crippen LogP contribution in [0.5, 0.6) is 17.2 Å². The average molecular weight is 210 g/mol. The van der Waals surface area contributed by atoms with Gasteiger partial charge in [-0.15, -0.1) is 0 Å². The zero-order valence-electron chi connectivity index (χ0n) is 8.98. The maximum Gasteiger partial charge on any atom is 0.313 e. The van der Waals surface area contributed by atoms with Crippen LogP contribution in [-0.2, 0) is 4.79 Å². The van der Waals surface area contributed by atoms with Crippen molar-refractivity contribution < 1.29 is 19.4 Å². The van der Waals surface area contributed by atoms with Crippen molar-refractivity contribution in [2.24, 2.45) is 5.92 Å². The number of benzene rings is 1. The molecule has 1 rings (SSSR count). The second-order valence-electron chi connectivity index (χ2n) is 3.41. The van der Waals surface area contributed by atoms with Gasteiger partial charge in [0.2, 0.25) is 0 Å². The monoisotopic (exact) mass is 210 g/mol. The number of carbonyl (C=O) groups excluding carboxylic acids is 1. The zero-order valence-corrected chi connectivity index (χ0v) is 8.98. The molecule has 0 unspecified atom stereocenters. The number of esters is 1. The van der Waals surface area contributed by atoms with Gasteiger partial charge in [-0.1, -0.05) is 13.8 Å². The lowest BCUT2D eigenvalue weighted by atomic mass is 10.2. The van der Waals surface area contributed by atoms with Gasteiger partial charge in [0.25, 0.3) is 0 Å². The Kier molecular flexibility index (Phi) is 3.55. The number of ether oxygens (including phenoxy) is 2. The second kappa shape index (κ2) is 4.68. The predicted octanol–water partition coefficient (Wildman–Crippen LogP) is 1.96. The van der Waals surface area contributed by atoms with Crippen LogP contribution in [0.15, 0.2) is 18.2 Å². The Morgan fingerprint density at radius 3 is 2.53 bits per heavy atom. The second-order valence-corrected chi connectivity index (χ2v) is 3.41. The molecule has 0 saturated carbocycles. The number of phenols is 1. The maximum absolute atomic E-state index is 11.2. The average Bonchev–Trinajstić information content (AvgIpc) is 2.18. The lowest BCUT2D eigenvalue weighted by molar-refractivity contribution is -0.137. The number of hydrogen-bond donors (Lipinski definition) is 1. The lowest BCUT2D eigenvalue weighted by Gasteiger charge is -2.08. The Labute approximate surface area is 88.4 Å². The summed E-state index contributed by atoms with van der Waals surface area (Å²) in [6.45, 7) is 3.48. The van der Waals surface area contributed by atoms with Crippen molar-refractivity contribution in [3.8, 4) is 17.2 Å². The first-order valence-corrected chi connectivity index (χ1v) is 4.63. The number of rotatable bonds is 3. The van der Waals surface area contributed by atoms with E-state index in [9.17, 15) is 9.90 Å². The number of methoxy groups -OCH3 is 1. The first-order valence-electron chi connectivity index (χ1n) is 4.63. The van der Waals surface area contributed by atoms with Gasteiger partial charge in [0.1, 0.15) is 5.75 Å². The van der Waals surface area contributed by atoms with Gasteiger partial charge >= 0.3 is 5.97 Å². The standard InChI is InChI=1S/C11H14O4/c1-7(2)11(13)15-8-4-5-10(14-3)9(12)6-8/h4-7,12H,1-3H3. The van der Waals surface area contributed by atoms with Crippen molar-refractivity contribution in [3.05, 3.63) is 18.2 Å². The fourth-order valence-corrected chi connectivity index (χ4v) is 0.967. The van der Waals surface area contributed by atoms with Gasteiger partial charge in [0.15, 0.2) is 11.5 Å². The molecule has 0 heterocycles. The van der Waals surface area contributed by atoms with E-state index in [1.807, 2.05) is 0 Å². The van der Waals surface area contributed by atoms with Crippen molar-refractivity contribution in [1.29, 1.82) is 0 Å². The van der Waals surface area contributed by atoms with Gasteiger partial charge in [-0.05, 0) is 12.1 Å². The summed E-state index contributed by atoms with van der Waals surface area (Å²) in [4.78, 5) is 11.2. The van der Waals surface area contributed by atoms with Crippen LogP contribution in [0.4, 0.5) is 0 Å². The summed E-state index contributed by atoms with van der Waals surface area (Å²) in [5, 5.41) is 9.43. The van der Waals surface area contributed by atoms with Gasteiger partial charge in [0.05, 0.1) is 13.0 Å². The molecule has 0 aliphatic rings. The third kappa shape index (κ3) is 2.87. The molecule has 0 atom stereocenters. The van der Waals surface area contributed by atoms with Crippen LogP contribution in [0.1, 0.15) is 13.8 Å². The van der Waals surface area contributed by atoms with E-state index < -0.39 is 0 Å². The lowest BCUT2D eigenvalue weighted by Crippen LogP contribution is -2.14. The topological polar surface area (TPSA) is 55.8 Å². The first-order chi connectivity index (χ1) is 7.04. The molecule has 0 aliphatic carbocycles. The molecule has 0 bridgehead atoms. The zero-order chi connectivity index (χ0) is 11.4. The minimum Gasteiger partial charge on any atom is -0.504 e. The SMILES string of the molecule is COc1ccc(OC(=O)C(C)C)cc1O. The van der Waals surface area contributed by atoms with Gasteiger partial charge < -0.3 is 14.6 Å². The van der Waals surface area contributed by atoms with Gasteiger partial charge in [-0.25, -0.2) is 0 Å². The molecule has 0 aliphatic heterocycles. The highest BCUT2D eigenvalue weighted by Crippen LogP contribution is 2.29. The Morgan fingerprint density at radius 2 is 2.07 bits per heavy atom. The van der Waals surface area contributed by atoms with Crippen LogP contribution in [0.25, 0.3) is 0 Å². The van der Waals surface area contributed by atoms with Gasteiger partial charge in [-0.3, -0.25) is 4.79 Å². The minimum atomic E-state index is -0.334. The Hall–Kier alpha value is -1.71. The van der Waals surface area contributed by atoms with E-state index in [4.69, 9.17) is 9.47 Å². The van der Waals surface area contributed by atoms with E-state index in [0.29, 0.717) is 11.5 Å².